The van der Waals surface area contributed by atoms with E-state index in [1.54, 1.807) is 11.1 Å². The maximum Gasteiger partial charge on any atom is 0.129 e. The van der Waals surface area contributed by atoms with Crippen LogP contribution in [0.2, 0.25) is 0 Å². The lowest BCUT2D eigenvalue weighted by molar-refractivity contribution is 0.275. The highest BCUT2D eigenvalue weighted by molar-refractivity contribution is 6.06. The van der Waals surface area contributed by atoms with Gasteiger partial charge in [-0.05, 0) is 57.0 Å². The van der Waals surface area contributed by atoms with Crippen molar-refractivity contribution in [2.75, 3.05) is 0 Å². The molecule has 0 N–H and O–H groups in total. The fourth-order valence-corrected chi connectivity index (χ4v) is 7.15. The number of para-hydroxylation sites is 1. The number of hydrogen-bond donors (Lipinski definition) is 0. The third-order valence-electron chi connectivity index (χ3n) is 8.55. The van der Waals surface area contributed by atoms with E-state index in [2.05, 4.69) is 86.7 Å². The lowest BCUT2D eigenvalue weighted by Gasteiger charge is -2.38. The molecule has 8 rings (SSSR count). The minimum absolute atomic E-state index is 0.0927. The second-order valence-corrected chi connectivity index (χ2v) is 10.4. The number of fused-ring (bicyclic) bond motifs is 6. The van der Waals surface area contributed by atoms with Gasteiger partial charge in [0.15, 0.2) is 0 Å². The van der Waals surface area contributed by atoms with Crippen molar-refractivity contribution in [3.63, 3.8) is 0 Å². The van der Waals surface area contributed by atoms with E-state index in [9.17, 15) is 0 Å². The second-order valence-electron chi connectivity index (χ2n) is 10.4. The predicted molar refractivity (Wildman–Crippen MR) is 130 cm³/mol. The zero-order chi connectivity index (χ0) is 21.2. The summed E-state index contributed by atoms with van der Waals surface area (Å²) in [6, 6.07) is 22.4. The molecular formula is C31H24O. The minimum Gasteiger partial charge on any atom is -0.485 e. The Morgan fingerprint density at radius 1 is 0.844 bits per heavy atom. The van der Waals surface area contributed by atoms with Gasteiger partial charge in [0.2, 0.25) is 0 Å². The van der Waals surface area contributed by atoms with E-state index in [0.29, 0.717) is 5.92 Å². The van der Waals surface area contributed by atoms with Crippen molar-refractivity contribution in [3.8, 4) is 5.75 Å². The molecule has 1 nitrogen and oxygen atoms in total. The molecule has 0 amide bonds. The van der Waals surface area contributed by atoms with Gasteiger partial charge in [0.25, 0.3) is 0 Å². The van der Waals surface area contributed by atoms with Crippen molar-refractivity contribution in [1.82, 2.24) is 0 Å². The smallest absolute Gasteiger partial charge is 0.129 e. The SMILES string of the molecule is CC1(C)C2=C(c3ccccc31)c1ccc3c4c1C(C=CC4=C1c4ccccc4OC1C3)C2. The first-order valence-corrected chi connectivity index (χ1v) is 11.8. The fourth-order valence-electron chi connectivity index (χ4n) is 7.15. The van der Waals surface area contributed by atoms with Gasteiger partial charge in [-0.2, -0.15) is 0 Å². The summed E-state index contributed by atoms with van der Waals surface area (Å²) in [6.45, 7) is 4.82. The van der Waals surface area contributed by atoms with Crippen LogP contribution in [0.5, 0.6) is 5.75 Å². The summed E-state index contributed by atoms with van der Waals surface area (Å²) in [4.78, 5) is 0. The van der Waals surface area contributed by atoms with Gasteiger partial charge < -0.3 is 4.74 Å². The van der Waals surface area contributed by atoms with Gasteiger partial charge in [-0.15, -0.1) is 0 Å². The normalized spacial score (nSPS) is 24.4. The van der Waals surface area contributed by atoms with E-state index >= 15 is 0 Å². The maximum atomic E-state index is 6.40. The zero-order valence-electron chi connectivity index (χ0n) is 18.4. The average Bonchev–Trinajstić information content (AvgIpc) is 3.30. The van der Waals surface area contributed by atoms with Crippen molar-refractivity contribution in [2.45, 2.75) is 44.1 Å². The van der Waals surface area contributed by atoms with E-state index in [4.69, 9.17) is 4.74 Å². The van der Waals surface area contributed by atoms with Crippen LogP contribution in [-0.2, 0) is 11.8 Å². The maximum absolute atomic E-state index is 6.40. The Hall–Kier alpha value is -3.32. The van der Waals surface area contributed by atoms with Crippen LogP contribution in [0, 0.1) is 0 Å². The molecule has 0 saturated carbocycles. The summed E-state index contributed by atoms with van der Waals surface area (Å²) in [7, 11) is 0. The fraction of sp³-hybridized carbons (Fsp3) is 0.226. The predicted octanol–water partition coefficient (Wildman–Crippen LogP) is 7.06. The van der Waals surface area contributed by atoms with Crippen LogP contribution in [0.15, 0.2) is 78.4 Å². The first-order valence-electron chi connectivity index (χ1n) is 11.8. The van der Waals surface area contributed by atoms with Crippen LogP contribution in [0.4, 0.5) is 0 Å². The second kappa shape index (κ2) is 5.53. The molecule has 1 aliphatic heterocycles. The Bertz CT molecular complexity index is 1480. The first kappa shape index (κ1) is 17.3. The van der Waals surface area contributed by atoms with E-state index in [0.717, 1.165) is 18.6 Å². The first-order chi connectivity index (χ1) is 15.6. The van der Waals surface area contributed by atoms with E-state index in [1.165, 1.54) is 50.1 Å². The van der Waals surface area contributed by atoms with Gasteiger partial charge in [-0.25, -0.2) is 0 Å². The van der Waals surface area contributed by atoms with Crippen molar-refractivity contribution in [2.24, 2.45) is 0 Å². The van der Waals surface area contributed by atoms with E-state index in [1.807, 2.05) is 0 Å². The van der Waals surface area contributed by atoms with Crippen LogP contribution >= 0.6 is 0 Å². The summed E-state index contributed by atoms with van der Waals surface area (Å²) < 4.78 is 6.40. The molecule has 0 radical (unpaired) electrons. The molecule has 0 fully saturated rings. The Morgan fingerprint density at radius 3 is 2.56 bits per heavy atom. The van der Waals surface area contributed by atoms with Crippen molar-refractivity contribution >= 4 is 16.7 Å². The van der Waals surface area contributed by atoms with E-state index < -0.39 is 0 Å². The van der Waals surface area contributed by atoms with Crippen molar-refractivity contribution in [3.05, 3.63) is 117 Å². The summed E-state index contributed by atoms with van der Waals surface area (Å²) in [5, 5.41) is 0. The highest BCUT2D eigenvalue weighted by Crippen LogP contribution is 2.59. The number of ether oxygens (including phenoxy) is 1. The summed E-state index contributed by atoms with van der Waals surface area (Å²) in [5.41, 5.74) is 16.2. The molecule has 3 aromatic carbocycles. The van der Waals surface area contributed by atoms with Crippen LogP contribution in [0.1, 0.15) is 65.1 Å². The largest absolute Gasteiger partial charge is 0.485 e. The molecule has 154 valence electrons. The molecule has 4 aliphatic carbocycles. The highest BCUT2D eigenvalue weighted by Gasteiger charge is 2.45. The summed E-state index contributed by atoms with van der Waals surface area (Å²) in [5.74, 6) is 1.50. The highest BCUT2D eigenvalue weighted by atomic mass is 16.5. The Labute approximate surface area is 188 Å². The van der Waals surface area contributed by atoms with Crippen molar-refractivity contribution in [1.29, 1.82) is 0 Å². The molecule has 2 unspecified atom stereocenters. The molecule has 3 aromatic rings. The molecule has 2 atom stereocenters. The van der Waals surface area contributed by atoms with Crippen LogP contribution in [0.3, 0.4) is 0 Å². The van der Waals surface area contributed by atoms with E-state index in [-0.39, 0.29) is 11.5 Å². The Kier molecular flexibility index (Phi) is 2.98. The van der Waals surface area contributed by atoms with Crippen LogP contribution in [-0.4, -0.2) is 6.10 Å². The Morgan fingerprint density at radius 2 is 1.66 bits per heavy atom. The molecule has 1 heterocycles. The minimum atomic E-state index is 0.0927. The zero-order valence-corrected chi connectivity index (χ0v) is 18.4. The topological polar surface area (TPSA) is 9.23 Å². The molecule has 0 bridgehead atoms. The lowest BCUT2D eigenvalue weighted by atomic mass is 9.66. The molecule has 0 aromatic heterocycles. The van der Waals surface area contributed by atoms with Gasteiger partial charge in [0, 0.05) is 28.9 Å². The van der Waals surface area contributed by atoms with Gasteiger partial charge in [-0.3, -0.25) is 0 Å². The molecule has 0 spiro atoms. The molecule has 1 heteroatoms. The van der Waals surface area contributed by atoms with Crippen LogP contribution in [0.25, 0.3) is 16.7 Å². The number of allylic oxidation sites excluding steroid dienone is 4. The lowest BCUT2D eigenvalue weighted by Crippen LogP contribution is -2.26. The standard InChI is InChI=1S/C31H24O/c1-31(2)23-9-5-3-7-19(23)29-21-13-12-18-16-26-30(20-8-4-6-10-25(20)32-26)22-14-11-17(15-24(29)31)27(21)28(18)22/h3-14,17,26H,15-16H2,1-2H3. The number of rotatable bonds is 0. The van der Waals surface area contributed by atoms with Gasteiger partial charge in [0.05, 0.1) is 0 Å². The van der Waals surface area contributed by atoms with Crippen LogP contribution < -0.4 is 4.74 Å². The van der Waals surface area contributed by atoms with Gasteiger partial charge in [-0.1, -0.05) is 86.2 Å². The summed E-state index contributed by atoms with van der Waals surface area (Å²) >= 11 is 0. The quantitative estimate of drug-likeness (QED) is 0.384. The van der Waals surface area contributed by atoms with Gasteiger partial charge >= 0.3 is 0 Å². The number of hydrogen-bond acceptors (Lipinski definition) is 1. The molecule has 5 aliphatic rings. The third kappa shape index (κ3) is 1.88. The summed E-state index contributed by atoms with van der Waals surface area (Å²) in [6.07, 6.45) is 7.11. The molecular weight excluding hydrogens is 388 g/mol. The van der Waals surface area contributed by atoms with Crippen molar-refractivity contribution < 1.29 is 4.74 Å². The Balaban J connectivity index is 1.44. The molecule has 32 heavy (non-hydrogen) atoms. The average molecular weight is 413 g/mol. The third-order valence-corrected chi connectivity index (χ3v) is 8.55. The van der Waals surface area contributed by atoms with Gasteiger partial charge in [0.1, 0.15) is 11.9 Å². The molecule has 0 saturated heterocycles. The monoisotopic (exact) mass is 412 g/mol. The number of benzene rings is 3.